The second-order valence-electron chi connectivity index (χ2n) is 6.75. The van der Waals surface area contributed by atoms with E-state index in [4.69, 9.17) is 0 Å². The van der Waals surface area contributed by atoms with Crippen molar-refractivity contribution in [3.05, 3.63) is 70.8 Å². The highest BCUT2D eigenvalue weighted by atomic mass is 16.3. The van der Waals surface area contributed by atoms with E-state index in [9.17, 15) is 15.3 Å². The third-order valence-corrected chi connectivity index (χ3v) is 5.37. The van der Waals surface area contributed by atoms with Crippen molar-refractivity contribution in [3.8, 4) is 0 Å². The van der Waals surface area contributed by atoms with Gasteiger partial charge in [-0.25, -0.2) is 0 Å². The minimum absolute atomic E-state index is 0.109. The highest BCUT2D eigenvalue weighted by molar-refractivity contribution is 5.47. The molecule has 0 aliphatic heterocycles. The molecule has 3 N–H and O–H groups in total. The smallest absolute Gasteiger partial charge is 0.0889 e. The van der Waals surface area contributed by atoms with Crippen molar-refractivity contribution in [1.82, 2.24) is 0 Å². The van der Waals surface area contributed by atoms with E-state index in [1.54, 1.807) is 0 Å². The van der Waals surface area contributed by atoms with Crippen molar-refractivity contribution in [1.29, 1.82) is 0 Å². The number of hydrogen-bond acceptors (Lipinski definition) is 3. The third kappa shape index (κ3) is 3.00. The zero-order valence-corrected chi connectivity index (χ0v) is 14.0. The van der Waals surface area contributed by atoms with Crippen LogP contribution in [0.3, 0.4) is 0 Å². The molecule has 0 radical (unpaired) electrons. The van der Waals surface area contributed by atoms with Crippen molar-refractivity contribution < 1.29 is 15.3 Å². The number of fused-ring (bicyclic) bond motifs is 2. The second-order valence-corrected chi connectivity index (χ2v) is 6.75. The van der Waals surface area contributed by atoms with E-state index in [1.807, 2.05) is 30.3 Å². The lowest BCUT2D eigenvalue weighted by molar-refractivity contribution is 0.0571. The zero-order chi connectivity index (χ0) is 17.0. The summed E-state index contributed by atoms with van der Waals surface area (Å²) in [4.78, 5) is 0. The fourth-order valence-electron chi connectivity index (χ4n) is 4.23. The van der Waals surface area contributed by atoms with Crippen molar-refractivity contribution >= 4 is 0 Å². The molecule has 1 aliphatic rings. The first-order chi connectivity index (χ1) is 11.7. The largest absolute Gasteiger partial charge is 0.396 e. The Morgan fingerprint density at radius 2 is 1.42 bits per heavy atom. The van der Waals surface area contributed by atoms with Gasteiger partial charge in [0.2, 0.25) is 0 Å². The van der Waals surface area contributed by atoms with Crippen LogP contribution in [0.25, 0.3) is 0 Å². The summed E-state index contributed by atoms with van der Waals surface area (Å²) in [5, 5.41) is 30.2. The first-order valence-corrected chi connectivity index (χ1v) is 8.79. The van der Waals surface area contributed by atoms with Crippen molar-refractivity contribution in [2.45, 2.75) is 43.6 Å². The Hall–Kier alpha value is -1.68. The van der Waals surface area contributed by atoms with Crippen LogP contribution in [0, 0.1) is 0 Å². The average molecular weight is 326 g/mol. The van der Waals surface area contributed by atoms with Gasteiger partial charge in [-0.05, 0) is 54.4 Å². The Bertz CT molecular complexity index is 672. The van der Waals surface area contributed by atoms with Crippen LogP contribution >= 0.6 is 0 Å². The zero-order valence-electron chi connectivity index (χ0n) is 14.0. The van der Waals surface area contributed by atoms with E-state index in [-0.39, 0.29) is 13.2 Å². The summed E-state index contributed by atoms with van der Waals surface area (Å²) in [7, 11) is 0. The summed E-state index contributed by atoms with van der Waals surface area (Å²) in [5.74, 6) is 0. The lowest BCUT2D eigenvalue weighted by Gasteiger charge is -2.39. The normalized spacial score (nSPS) is 18.5. The second kappa shape index (κ2) is 7.47. The fourth-order valence-corrected chi connectivity index (χ4v) is 4.23. The predicted octanol–water partition coefficient (Wildman–Crippen LogP) is 3.11. The Morgan fingerprint density at radius 1 is 0.833 bits per heavy atom. The third-order valence-electron chi connectivity index (χ3n) is 5.37. The van der Waals surface area contributed by atoms with E-state index in [0.717, 1.165) is 23.1 Å². The summed E-state index contributed by atoms with van der Waals surface area (Å²) in [6.45, 7) is 0.217. The van der Waals surface area contributed by atoms with Crippen LogP contribution in [0.1, 0.15) is 54.0 Å². The van der Waals surface area contributed by atoms with E-state index in [2.05, 4.69) is 18.2 Å². The summed E-state index contributed by atoms with van der Waals surface area (Å²) in [5.41, 5.74) is 4.07. The summed E-state index contributed by atoms with van der Waals surface area (Å²) in [6.07, 6.45) is 2.86. The fraction of sp³-hybridized carbons (Fsp3) is 0.429. The molecule has 0 saturated heterocycles. The molecule has 3 rings (SSSR count). The van der Waals surface area contributed by atoms with E-state index in [1.165, 1.54) is 5.56 Å². The van der Waals surface area contributed by atoms with E-state index < -0.39 is 11.5 Å². The van der Waals surface area contributed by atoms with Crippen LogP contribution < -0.4 is 0 Å². The average Bonchev–Trinajstić information content (AvgIpc) is 2.72. The maximum Gasteiger partial charge on any atom is 0.0889 e. The molecule has 3 nitrogen and oxygen atoms in total. The Morgan fingerprint density at radius 3 is 2.08 bits per heavy atom. The maximum absolute atomic E-state index is 11.4. The molecule has 0 bridgehead atoms. The molecule has 0 spiro atoms. The summed E-state index contributed by atoms with van der Waals surface area (Å²) < 4.78 is 0. The molecule has 1 aliphatic carbocycles. The minimum atomic E-state index is -0.629. The molecular formula is C21H26O3. The molecular weight excluding hydrogens is 300 g/mol. The number of rotatable bonds is 6. The number of hydrogen-bond donors (Lipinski definition) is 3. The monoisotopic (exact) mass is 326 g/mol. The lowest BCUT2D eigenvalue weighted by Crippen LogP contribution is -2.35. The van der Waals surface area contributed by atoms with Crippen LogP contribution in [-0.4, -0.2) is 28.5 Å². The van der Waals surface area contributed by atoms with Gasteiger partial charge < -0.3 is 15.3 Å². The van der Waals surface area contributed by atoms with Gasteiger partial charge in [-0.3, -0.25) is 0 Å². The Kier molecular flexibility index (Phi) is 5.34. The molecule has 0 fully saturated rings. The first kappa shape index (κ1) is 17.2. The van der Waals surface area contributed by atoms with Gasteiger partial charge in [0, 0.05) is 18.6 Å². The van der Waals surface area contributed by atoms with E-state index >= 15 is 0 Å². The van der Waals surface area contributed by atoms with Gasteiger partial charge in [-0.2, -0.15) is 0 Å². The molecule has 0 heterocycles. The van der Waals surface area contributed by atoms with Gasteiger partial charge in [-0.15, -0.1) is 0 Å². The minimum Gasteiger partial charge on any atom is -0.396 e. The van der Waals surface area contributed by atoms with Gasteiger partial charge in [0.1, 0.15) is 0 Å². The molecule has 2 aromatic carbocycles. The summed E-state index contributed by atoms with van der Waals surface area (Å²) in [6, 6.07) is 16.4. The van der Waals surface area contributed by atoms with Gasteiger partial charge in [0.15, 0.2) is 0 Å². The van der Waals surface area contributed by atoms with Crippen molar-refractivity contribution in [2.75, 3.05) is 13.2 Å². The molecule has 0 aromatic heterocycles. The molecule has 0 amide bonds. The molecule has 2 aromatic rings. The molecule has 1 atom stereocenters. The quantitative estimate of drug-likeness (QED) is 0.764. The van der Waals surface area contributed by atoms with Crippen LogP contribution in [0.5, 0.6) is 0 Å². The lowest BCUT2D eigenvalue weighted by atomic mass is 9.67. The van der Waals surface area contributed by atoms with Gasteiger partial charge >= 0.3 is 0 Å². The standard InChI is InChI=1S/C21H26O3/c22-13-5-11-21(12-6-14-23)19-10-4-2-8-17(19)15-16-7-1-3-9-18(16)20(21)24/h1-4,7-10,20,22-24H,5-6,11-15H2. The molecule has 3 heteroatoms. The number of benzene rings is 2. The summed E-state index contributed by atoms with van der Waals surface area (Å²) >= 11 is 0. The number of aliphatic hydroxyl groups excluding tert-OH is 3. The molecule has 24 heavy (non-hydrogen) atoms. The van der Waals surface area contributed by atoms with Crippen molar-refractivity contribution in [3.63, 3.8) is 0 Å². The van der Waals surface area contributed by atoms with Crippen LogP contribution in [0.2, 0.25) is 0 Å². The first-order valence-electron chi connectivity index (χ1n) is 8.79. The van der Waals surface area contributed by atoms with Crippen LogP contribution in [0.15, 0.2) is 48.5 Å². The highest BCUT2D eigenvalue weighted by Gasteiger charge is 2.43. The molecule has 1 unspecified atom stereocenters. The van der Waals surface area contributed by atoms with E-state index in [0.29, 0.717) is 25.7 Å². The SMILES string of the molecule is OCCCC1(CCCO)c2ccccc2Cc2ccccc2C1O. The molecule has 128 valence electrons. The van der Waals surface area contributed by atoms with Gasteiger partial charge in [0.25, 0.3) is 0 Å². The van der Waals surface area contributed by atoms with Crippen LogP contribution in [-0.2, 0) is 11.8 Å². The maximum atomic E-state index is 11.4. The topological polar surface area (TPSA) is 60.7 Å². The van der Waals surface area contributed by atoms with Crippen molar-refractivity contribution in [2.24, 2.45) is 0 Å². The van der Waals surface area contributed by atoms with Gasteiger partial charge in [0.05, 0.1) is 6.10 Å². The highest BCUT2D eigenvalue weighted by Crippen LogP contribution is 2.49. The molecule has 0 saturated carbocycles. The van der Waals surface area contributed by atoms with Gasteiger partial charge in [-0.1, -0.05) is 48.5 Å². The predicted molar refractivity (Wildman–Crippen MR) is 95.0 cm³/mol. The Balaban J connectivity index is 2.19. The van der Waals surface area contributed by atoms with Crippen LogP contribution in [0.4, 0.5) is 0 Å². The Labute approximate surface area is 143 Å². The number of aliphatic hydroxyl groups is 3.